The third kappa shape index (κ3) is 6.69. The van der Waals surface area contributed by atoms with Gasteiger partial charge in [-0.25, -0.2) is 9.59 Å². The van der Waals surface area contributed by atoms with Crippen LogP contribution in [0.2, 0.25) is 0 Å². The second-order valence-corrected chi connectivity index (χ2v) is 9.71. The van der Waals surface area contributed by atoms with Gasteiger partial charge >= 0.3 is 18.2 Å². The van der Waals surface area contributed by atoms with Crippen molar-refractivity contribution < 1.29 is 37.3 Å². The lowest BCUT2D eigenvalue weighted by atomic mass is 9.65. The molecule has 3 N–H and O–H groups in total. The van der Waals surface area contributed by atoms with Crippen LogP contribution < -0.4 is 20.1 Å². The van der Waals surface area contributed by atoms with Crippen LogP contribution in [0.25, 0.3) is 0 Å². The van der Waals surface area contributed by atoms with Crippen LogP contribution in [0.1, 0.15) is 36.8 Å². The maximum Gasteiger partial charge on any atom is 0.490 e. The topological polar surface area (TPSA) is 100 Å². The van der Waals surface area contributed by atoms with Gasteiger partial charge in [-0.2, -0.15) is 13.2 Å². The summed E-state index contributed by atoms with van der Waals surface area (Å²) in [5.41, 5.74) is 3.38. The molecule has 208 valence electrons. The molecule has 8 nitrogen and oxygen atoms in total. The smallest absolute Gasteiger partial charge is 0.490 e. The minimum Gasteiger partial charge on any atom is -0.493 e. The molecule has 1 aliphatic carbocycles. The molecule has 3 atom stereocenters. The number of rotatable bonds is 5. The SMILES string of the molecule is COc1ccc(C23CCC(NC(=O)Nc4ccc(C)cc4)CC2N(C)CC3)cc1OC.O=C(O)C(F)(F)F. The van der Waals surface area contributed by atoms with Gasteiger partial charge < -0.3 is 30.1 Å². The zero-order chi connectivity index (χ0) is 28.1. The van der Waals surface area contributed by atoms with Gasteiger partial charge in [-0.15, -0.1) is 0 Å². The highest BCUT2D eigenvalue weighted by molar-refractivity contribution is 5.89. The highest BCUT2D eigenvalue weighted by Crippen LogP contribution is 2.49. The summed E-state index contributed by atoms with van der Waals surface area (Å²) in [4.78, 5) is 23.9. The maximum atomic E-state index is 12.6. The number of hydrogen-bond acceptors (Lipinski definition) is 5. The molecule has 2 fully saturated rings. The summed E-state index contributed by atoms with van der Waals surface area (Å²) in [6.45, 7) is 3.09. The van der Waals surface area contributed by atoms with Crippen molar-refractivity contribution in [3.8, 4) is 11.5 Å². The van der Waals surface area contributed by atoms with Crippen molar-refractivity contribution in [2.75, 3.05) is 33.1 Å². The van der Waals surface area contributed by atoms with E-state index in [1.807, 2.05) is 37.3 Å². The Labute approximate surface area is 220 Å². The van der Waals surface area contributed by atoms with Crippen molar-refractivity contribution in [1.82, 2.24) is 10.2 Å². The zero-order valence-corrected chi connectivity index (χ0v) is 21.9. The van der Waals surface area contributed by atoms with Crippen LogP contribution >= 0.6 is 0 Å². The Hall–Kier alpha value is -3.47. The van der Waals surface area contributed by atoms with Gasteiger partial charge in [0.2, 0.25) is 0 Å². The summed E-state index contributed by atoms with van der Waals surface area (Å²) < 4.78 is 42.7. The van der Waals surface area contributed by atoms with Crippen LogP contribution in [-0.2, 0) is 10.2 Å². The fourth-order valence-electron chi connectivity index (χ4n) is 5.38. The number of nitrogens with zero attached hydrogens (tertiary/aromatic N) is 1. The van der Waals surface area contributed by atoms with Crippen molar-refractivity contribution in [3.63, 3.8) is 0 Å². The van der Waals surface area contributed by atoms with Crippen molar-refractivity contribution in [2.24, 2.45) is 0 Å². The number of carbonyl (C=O) groups is 2. The summed E-state index contributed by atoms with van der Waals surface area (Å²) in [7, 11) is 5.55. The van der Waals surface area contributed by atoms with Crippen LogP contribution in [0.4, 0.5) is 23.7 Å². The lowest BCUT2D eigenvalue weighted by Gasteiger charge is -2.45. The highest BCUT2D eigenvalue weighted by atomic mass is 19.4. The number of benzene rings is 2. The number of nitrogens with one attached hydrogen (secondary N) is 2. The number of methoxy groups -OCH3 is 2. The fraction of sp³-hybridized carbons (Fsp3) is 0.481. The molecular weight excluding hydrogens is 503 g/mol. The van der Waals surface area contributed by atoms with Gasteiger partial charge in [0.1, 0.15) is 0 Å². The molecule has 0 radical (unpaired) electrons. The summed E-state index contributed by atoms with van der Waals surface area (Å²) >= 11 is 0. The number of likely N-dealkylation sites (tertiary alicyclic amines) is 1. The summed E-state index contributed by atoms with van der Waals surface area (Å²) in [6.07, 6.45) is -1.04. The van der Waals surface area contributed by atoms with E-state index in [0.29, 0.717) is 6.04 Å². The molecule has 0 aromatic heterocycles. The molecule has 38 heavy (non-hydrogen) atoms. The predicted molar refractivity (Wildman–Crippen MR) is 137 cm³/mol. The Morgan fingerprint density at radius 3 is 2.26 bits per heavy atom. The highest BCUT2D eigenvalue weighted by Gasteiger charge is 2.50. The number of carbonyl (C=O) groups excluding carboxylic acids is 1. The summed E-state index contributed by atoms with van der Waals surface area (Å²) in [5.74, 6) is -1.22. The first-order valence-electron chi connectivity index (χ1n) is 12.3. The number of halogens is 3. The number of aliphatic carboxylic acids is 1. The number of amides is 2. The molecule has 0 spiro atoms. The molecule has 1 heterocycles. The molecule has 2 amide bonds. The molecule has 2 aromatic rings. The predicted octanol–water partition coefficient (Wildman–Crippen LogP) is 4.96. The first-order chi connectivity index (χ1) is 17.9. The zero-order valence-electron chi connectivity index (χ0n) is 21.9. The second-order valence-electron chi connectivity index (χ2n) is 9.71. The van der Waals surface area contributed by atoms with E-state index in [-0.39, 0.29) is 17.5 Å². The number of urea groups is 1. The van der Waals surface area contributed by atoms with Gasteiger partial charge in [0, 0.05) is 23.2 Å². The largest absolute Gasteiger partial charge is 0.493 e. The van der Waals surface area contributed by atoms with E-state index < -0.39 is 12.1 Å². The number of fused-ring (bicyclic) bond motifs is 1. The van der Waals surface area contributed by atoms with Gasteiger partial charge in [-0.1, -0.05) is 23.8 Å². The molecule has 11 heteroatoms. The van der Waals surface area contributed by atoms with Gasteiger partial charge in [-0.3, -0.25) is 0 Å². The average molecular weight is 538 g/mol. The standard InChI is InChI=1S/C25H33N3O3.C2HF3O2/c1-17-5-8-19(9-6-17)26-24(29)27-20-11-12-25(13-14-28(2)23(25)16-20)18-7-10-21(30-3)22(15-18)31-4;3-2(4,5)1(6)7/h5-10,15,20,23H,11-14,16H2,1-4H3,(H2,26,27,29);(H,6,7). The first kappa shape index (κ1) is 29.1. The normalized spacial score (nSPS) is 22.9. The van der Waals surface area contributed by atoms with E-state index in [1.54, 1.807) is 14.2 Å². The minimum atomic E-state index is -5.08. The molecule has 3 unspecified atom stereocenters. The molecule has 2 aromatic carbocycles. The van der Waals surface area contributed by atoms with E-state index in [1.165, 1.54) is 11.1 Å². The molecule has 1 saturated carbocycles. The third-order valence-corrected chi connectivity index (χ3v) is 7.37. The molecular formula is C27H34F3N3O5. The maximum absolute atomic E-state index is 12.6. The molecule has 2 aliphatic rings. The summed E-state index contributed by atoms with van der Waals surface area (Å²) in [5, 5.41) is 13.3. The van der Waals surface area contributed by atoms with Crippen molar-refractivity contribution in [3.05, 3.63) is 53.6 Å². The fourth-order valence-corrected chi connectivity index (χ4v) is 5.38. The Morgan fingerprint density at radius 2 is 1.68 bits per heavy atom. The minimum absolute atomic E-state index is 0.0832. The van der Waals surface area contributed by atoms with Crippen LogP contribution in [0.15, 0.2) is 42.5 Å². The molecule has 0 bridgehead atoms. The van der Waals surface area contributed by atoms with Crippen LogP contribution in [-0.4, -0.2) is 68.1 Å². The van der Waals surface area contributed by atoms with Crippen LogP contribution in [0, 0.1) is 6.92 Å². The average Bonchev–Trinajstić information content (AvgIpc) is 3.21. The Bertz CT molecular complexity index is 1130. The van der Waals surface area contributed by atoms with E-state index in [2.05, 4.69) is 34.7 Å². The van der Waals surface area contributed by atoms with Crippen LogP contribution in [0.5, 0.6) is 11.5 Å². The van der Waals surface area contributed by atoms with E-state index in [0.717, 1.165) is 49.4 Å². The number of alkyl halides is 3. The van der Waals surface area contributed by atoms with Gasteiger partial charge in [0.05, 0.1) is 14.2 Å². The van der Waals surface area contributed by atoms with Crippen molar-refractivity contribution in [1.29, 1.82) is 0 Å². The number of carboxylic acids is 1. The van der Waals surface area contributed by atoms with Gasteiger partial charge in [-0.05, 0) is 76.0 Å². The third-order valence-electron chi connectivity index (χ3n) is 7.37. The molecule has 4 rings (SSSR count). The quantitative estimate of drug-likeness (QED) is 0.499. The van der Waals surface area contributed by atoms with Gasteiger partial charge in [0.15, 0.2) is 11.5 Å². The van der Waals surface area contributed by atoms with Crippen LogP contribution in [0.3, 0.4) is 0 Å². The van der Waals surface area contributed by atoms with E-state index in [4.69, 9.17) is 19.4 Å². The number of ether oxygens (including phenoxy) is 2. The number of hydrogen-bond donors (Lipinski definition) is 3. The Morgan fingerprint density at radius 1 is 1.05 bits per heavy atom. The monoisotopic (exact) mass is 537 g/mol. The Kier molecular flexibility index (Phi) is 9.14. The second kappa shape index (κ2) is 11.9. The van der Waals surface area contributed by atoms with E-state index in [9.17, 15) is 18.0 Å². The van der Waals surface area contributed by atoms with E-state index >= 15 is 0 Å². The molecule has 1 aliphatic heterocycles. The first-order valence-corrected chi connectivity index (χ1v) is 12.3. The lowest BCUT2D eigenvalue weighted by Crippen LogP contribution is -2.52. The summed E-state index contributed by atoms with van der Waals surface area (Å²) in [6, 6.07) is 14.6. The number of aryl methyl sites for hydroxylation is 1. The number of carboxylic acid groups (broad SMARTS) is 1. The lowest BCUT2D eigenvalue weighted by molar-refractivity contribution is -0.192. The van der Waals surface area contributed by atoms with Crippen molar-refractivity contribution >= 4 is 17.7 Å². The van der Waals surface area contributed by atoms with Gasteiger partial charge in [0.25, 0.3) is 0 Å². The van der Waals surface area contributed by atoms with Crippen molar-refractivity contribution in [2.45, 2.75) is 56.3 Å². The number of anilines is 1. The molecule has 1 saturated heterocycles. The Balaban J connectivity index is 0.000000505. The number of likely N-dealkylation sites (N-methyl/N-ethyl adjacent to an activating group) is 1.